The van der Waals surface area contributed by atoms with Crippen molar-refractivity contribution in [3.63, 3.8) is 0 Å². The molecule has 142 valence electrons. The van der Waals surface area contributed by atoms with E-state index in [-0.39, 0.29) is 0 Å². The van der Waals surface area contributed by atoms with Gasteiger partial charge in [-0.1, -0.05) is 53.4 Å². The Hall–Kier alpha value is 0.660. The van der Waals surface area contributed by atoms with E-state index in [2.05, 4.69) is 27.7 Å². The first-order valence-corrected chi connectivity index (χ1v) is 11.5. The SMILES string of the molecule is CCCCOP(O)CCCC.CCCCOP(O)OCCCC. The first-order valence-electron chi connectivity index (χ1n) is 8.96. The van der Waals surface area contributed by atoms with Crippen LogP contribution in [0.5, 0.6) is 0 Å². The van der Waals surface area contributed by atoms with Crippen molar-refractivity contribution in [3.8, 4) is 0 Å². The summed E-state index contributed by atoms with van der Waals surface area (Å²) in [6.45, 7) is 10.3. The van der Waals surface area contributed by atoms with Crippen molar-refractivity contribution in [1.29, 1.82) is 0 Å². The molecule has 0 aliphatic carbocycles. The van der Waals surface area contributed by atoms with E-state index < -0.39 is 17.0 Å². The second kappa shape index (κ2) is 22.7. The molecule has 5 nitrogen and oxygen atoms in total. The molecule has 0 rings (SSSR count). The molecule has 0 heterocycles. The van der Waals surface area contributed by atoms with Gasteiger partial charge >= 0.3 is 8.60 Å². The maximum atomic E-state index is 9.25. The van der Waals surface area contributed by atoms with Crippen LogP contribution < -0.4 is 0 Å². The van der Waals surface area contributed by atoms with Gasteiger partial charge in [0, 0.05) is 6.16 Å². The predicted molar refractivity (Wildman–Crippen MR) is 101 cm³/mol. The van der Waals surface area contributed by atoms with E-state index in [1.54, 1.807) is 0 Å². The number of unbranched alkanes of at least 4 members (excludes halogenated alkanes) is 4. The fourth-order valence-electron chi connectivity index (χ4n) is 1.28. The molecule has 0 aromatic heterocycles. The number of hydrogen-bond donors (Lipinski definition) is 2. The third-order valence-electron chi connectivity index (χ3n) is 2.84. The zero-order valence-electron chi connectivity index (χ0n) is 15.5. The highest BCUT2D eigenvalue weighted by atomic mass is 31.2. The summed E-state index contributed by atoms with van der Waals surface area (Å²) in [5.41, 5.74) is 0. The van der Waals surface area contributed by atoms with Gasteiger partial charge in [-0.15, -0.1) is 0 Å². The van der Waals surface area contributed by atoms with Crippen LogP contribution in [-0.2, 0) is 13.6 Å². The molecule has 0 fully saturated rings. The van der Waals surface area contributed by atoms with E-state index in [1.165, 1.54) is 0 Å². The summed E-state index contributed by atoms with van der Waals surface area (Å²) in [5.74, 6) is 0. The van der Waals surface area contributed by atoms with E-state index in [4.69, 9.17) is 18.5 Å². The van der Waals surface area contributed by atoms with Gasteiger partial charge in [0.25, 0.3) is 0 Å². The monoisotopic (exact) mass is 372 g/mol. The smallest absolute Gasteiger partial charge is 0.329 e. The van der Waals surface area contributed by atoms with Crippen LogP contribution in [0.3, 0.4) is 0 Å². The Morgan fingerprint density at radius 3 is 1.39 bits per heavy atom. The van der Waals surface area contributed by atoms with Gasteiger partial charge in [0.15, 0.2) is 8.38 Å². The van der Waals surface area contributed by atoms with Crippen molar-refractivity contribution in [2.45, 2.75) is 79.1 Å². The fourth-order valence-corrected chi connectivity index (χ4v) is 2.98. The van der Waals surface area contributed by atoms with E-state index in [0.717, 1.165) is 64.1 Å². The average Bonchev–Trinajstić information content (AvgIpc) is 2.54. The molecule has 0 saturated carbocycles. The molecule has 0 aromatic rings. The molecule has 1 atom stereocenters. The second-order valence-corrected chi connectivity index (χ2v) is 7.63. The lowest BCUT2D eigenvalue weighted by Crippen LogP contribution is -1.94. The molecule has 0 aliphatic rings. The van der Waals surface area contributed by atoms with Gasteiger partial charge < -0.3 is 23.4 Å². The van der Waals surface area contributed by atoms with E-state index >= 15 is 0 Å². The van der Waals surface area contributed by atoms with Gasteiger partial charge in [-0.2, -0.15) is 0 Å². The standard InChI is InChI=1S/C8H19O3P.C8H19O2P/c1-3-5-7-10-12(9)11-8-6-4-2;1-3-5-7-10-11(9)8-6-4-2/h9H,3-8H2,1-2H3;9H,3-8H2,1-2H3. The number of rotatable bonds is 15. The zero-order valence-corrected chi connectivity index (χ0v) is 17.3. The van der Waals surface area contributed by atoms with Crippen LogP contribution in [0.2, 0.25) is 0 Å². The van der Waals surface area contributed by atoms with Crippen molar-refractivity contribution in [2.24, 2.45) is 0 Å². The van der Waals surface area contributed by atoms with Crippen molar-refractivity contribution < 1.29 is 23.4 Å². The lowest BCUT2D eigenvalue weighted by molar-refractivity contribution is 0.196. The Labute approximate surface area is 146 Å². The highest BCUT2D eigenvalue weighted by Gasteiger charge is 2.04. The lowest BCUT2D eigenvalue weighted by Gasteiger charge is -2.09. The summed E-state index contributed by atoms with van der Waals surface area (Å²) in [6.07, 6.45) is 9.38. The molecule has 0 amide bonds. The molecule has 1 unspecified atom stereocenters. The topological polar surface area (TPSA) is 68.2 Å². The molecule has 0 aliphatic heterocycles. The zero-order chi connectivity index (χ0) is 17.8. The third kappa shape index (κ3) is 25.0. The predicted octanol–water partition coefficient (Wildman–Crippen LogP) is 5.75. The molecule has 0 spiro atoms. The van der Waals surface area contributed by atoms with E-state index in [1.807, 2.05) is 0 Å². The van der Waals surface area contributed by atoms with Gasteiger partial charge in [-0.05, 0) is 25.7 Å². The minimum atomic E-state index is -1.60. The first kappa shape index (κ1) is 25.9. The van der Waals surface area contributed by atoms with E-state index in [9.17, 15) is 4.89 Å². The minimum absolute atomic E-state index is 0.602. The van der Waals surface area contributed by atoms with Crippen LogP contribution in [0.15, 0.2) is 0 Å². The fraction of sp³-hybridized carbons (Fsp3) is 1.00. The Morgan fingerprint density at radius 1 is 0.609 bits per heavy atom. The maximum absolute atomic E-state index is 9.25. The van der Waals surface area contributed by atoms with Gasteiger partial charge in [0.05, 0.1) is 19.8 Å². The Bertz CT molecular complexity index is 201. The Balaban J connectivity index is 0. The number of hydrogen-bond acceptors (Lipinski definition) is 5. The van der Waals surface area contributed by atoms with E-state index in [0.29, 0.717) is 13.2 Å². The maximum Gasteiger partial charge on any atom is 0.329 e. The summed E-state index contributed by atoms with van der Waals surface area (Å²) in [5, 5.41) is 0. The Morgan fingerprint density at radius 2 is 1.00 bits per heavy atom. The largest absolute Gasteiger partial charge is 0.350 e. The molecule has 2 N–H and O–H groups in total. The molecular formula is C16H38O5P2. The molecule has 0 saturated heterocycles. The second-order valence-electron chi connectivity index (χ2n) is 5.23. The van der Waals surface area contributed by atoms with Crippen LogP contribution in [0.25, 0.3) is 0 Å². The van der Waals surface area contributed by atoms with Crippen LogP contribution in [-0.4, -0.2) is 35.8 Å². The lowest BCUT2D eigenvalue weighted by atomic mass is 10.4. The van der Waals surface area contributed by atoms with Crippen LogP contribution in [0, 0.1) is 0 Å². The molecule has 7 heteroatoms. The summed E-state index contributed by atoms with van der Waals surface area (Å²) in [7, 11) is -2.70. The summed E-state index contributed by atoms with van der Waals surface area (Å²) in [6, 6.07) is 0. The molecule has 0 bridgehead atoms. The Kier molecular flexibility index (Phi) is 25.5. The molecule has 23 heavy (non-hydrogen) atoms. The van der Waals surface area contributed by atoms with Crippen LogP contribution >= 0.6 is 17.0 Å². The highest BCUT2D eigenvalue weighted by molar-refractivity contribution is 7.46. The van der Waals surface area contributed by atoms with Gasteiger partial charge in [-0.3, -0.25) is 0 Å². The van der Waals surface area contributed by atoms with Crippen molar-refractivity contribution in [2.75, 3.05) is 26.0 Å². The van der Waals surface area contributed by atoms with Crippen LogP contribution in [0.4, 0.5) is 0 Å². The summed E-state index contributed by atoms with van der Waals surface area (Å²) in [4.78, 5) is 18.4. The third-order valence-corrected chi connectivity index (χ3v) is 4.83. The van der Waals surface area contributed by atoms with Gasteiger partial charge in [-0.25, -0.2) is 0 Å². The first-order chi connectivity index (χ1) is 11.1. The molecular weight excluding hydrogens is 334 g/mol. The normalized spacial score (nSPS) is 12.1. The van der Waals surface area contributed by atoms with Crippen molar-refractivity contribution in [3.05, 3.63) is 0 Å². The quantitative estimate of drug-likeness (QED) is 0.283. The average molecular weight is 372 g/mol. The van der Waals surface area contributed by atoms with Gasteiger partial charge in [0.2, 0.25) is 0 Å². The van der Waals surface area contributed by atoms with Gasteiger partial charge in [0.1, 0.15) is 0 Å². The summed E-state index contributed by atoms with van der Waals surface area (Å²) < 4.78 is 15.3. The van der Waals surface area contributed by atoms with Crippen molar-refractivity contribution in [1.82, 2.24) is 0 Å². The van der Waals surface area contributed by atoms with Crippen LogP contribution in [0.1, 0.15) is 79.1 Å². The van der Waals surface area contributed by atoms with Crippen molar-refractivity contribution >= 4 is 17.0 Å². The molecule has 0 aromatic carbocycles. The minimum Gasteiger partial charge on any atom is -0.350 e. The molecule has 0 radical (unpaired) electrons. The summed E-state index contributed by atoms with van der Waals surface area (Å²) >= 11 is 0. The highest BCUT2D eigenvalue weighted by Crippen LogP contribution is 2.33.